The molecule has 0 saturated carbocycles. The average molecular weight is 256 g/mol. The Morgan fingerprint density at radius 1 is 1.21 bits per heavy atom. The van der Waals surface area contributed by atoms with Crippen LogP contribution in [0.25, 0.3) is 0 Å². The van der Waals surface area contributed by atoms with Gasteiger partial charge in [0.15, 0.2) is 5.75 Å². The molecule has 19 heavy (non-hydrogen) atoms. The number of rotatable bonds is 4. The number of hydrogen-bond acceptors (Lipinski definition) is 5. The predicted octanol–water partition coefficient (Wildman–Crippen LogP) is 1.70. The van der Waals surface area contributed by atoms with Gasteiger partial charge >= 0.3 is 0 Å². The summed E-state index contributed by atoms with van der Waals surface area (Å²) >= 11 is 0. The molecule has 0 radical (unpaired) electrons. The fourth-order valence-corrected chi connectivity index (χ4v) is 2.15. The minimum absolute atomic E-state index is 0.611. The molecule has 0 atom stereocenters. The lowest BCUT2D eigenvalue weighted by molar-refractivity contribution is 0.411. The van der Waals surface area contributed by atoms with Crippen LogP contribution in [-0.2, 0) is 19.6 Å². The molecule has 1 aliphatic rings. The molecule has 0 spiro atoms. The van der Waals surface area contributed by atoms with Gasteiger partial charge in [-0.05, 0) is 16.7 Å². The molecule has 3 rings (SSSR count). The van der Waals surface area contributed by atoms with Crippen molar-refractivity contribution in [3.05, 3.63) is 47.3 Å². The molecule has 0 fully saturated rings. The molecule has 1 aromatic carbocycles. The first kappa shape index (κ1) is 11.9. The van der Waals surface area contributed by atoms with Crippen LogP contribution in [0.2, 0.25) is 0 Å². The van der Waals surface area contributed by atoms with Crippen LogP contribution >= 0.6 is 0 Å². The fourth-order valence-electron chi connectivity index (χ4n) is 2.15. The maximum atomic E-state index is 5.02. The third-order valence-corrected chi connectivity index (χ3v) is 3.22. The van der Waals surface area contributed by atoms with Crippen molar-refractivity contribution in [3.63, 3.8) is 0 Å². The summed E-state index contributed by atoms with van der Waals surface area (Å²) in [6.07, 6.45) is 3.31. The summed E-state index contributed by atoms with van der Waals surface area (Å²) in [5.74, 6) is 1.27. The third-order valence-electron chi connectivity index (χ3n) is 3.22. The van der Waals surface area contributed by atoms with Gasteiger partial charge in [0.2, 0.25) is 5.95 Å². The van der Waals surface area contributed by atoms with Crippen molar-refractivity contribution < 1.29 is 4.74 Å². The van der Waals surface area contributed by atoms with E-state index in [0.717, 1.165) is 19.6 Å². The number of hydrogen-bond donors (Lipinski definition) is 2. The monoisotopic (exact) mass is 256 g/mol. The molecule has 2 heterocycles. The van der Waals surface area contributed by atoms with Gasteiger partial charge in [0.25, 0.3) is 0 Å². The van der Waals surface area contributed by atoms with E-state index >= 15 is 0 Å². The van der Waals surface area contributed by atoms with E-state index in [1.54, 1.807) is 19.5 Å². The first-order valence-electron chi connectivity index (χ1n) is 6.26. The van der Waals surface area contributed by atoms with E-state index in [4.69, 9.17) is 4.74 Å². The van der Waals surface area contributed by atoms with Gasteiger partial charge in [-0.3, -0.25) is 0 Å². The lowest BCUT2D eigenvalue weighted by Crippen LogP contribution is -2.04. The molecule has 2 N–H and O–H groups in total. The molecule has 0 aliphatic carbocycles. The summed E-state index contributed by atoms with van der Waals surface area (Å²) in [6, 6.07) is 6.55. The molecular weight excluding hydrogens is 240 g/mol. The summed E-state index contributed by atoms with van der Waals surface area (Å²) in [4.78, 5) is 8.36. The number of nitrogens with one attached hydrogen (secondary N) is 2. The van der Waals surface area contributed by atoms with Gasteiger partial charge in [-0.25, -0.2) is 9.97 Å². The molecule has 2 aromatic rings. The van der Waals surface area contributed by atoms with Crippen LogP contribution in [0, 0.1) is 0 Å². The van der Waals surface area contributed by atoms with Crippen molar-refractivity contribution in [1.82, 2.24) is 15.3 Å². The number of anilines is 1. The Morgan fingerprint density at radius 2 is 2.00 bits per heavy atom. The zero-order valence-corrected chi connectivity index (χ0v) is 10.8. The van der Waals surface area contributed by atoms with Crippen molar-refractivity contribution in [2.75, 3.05) is 12.4 Å². The lowest BCUT2D eigenvalue weighted by Gasteiger charge is -2.07. The Kier molecular flexibility index (Phi) is 3.29. The number of ether oxygens (including phenoxy) is 1. The molecule has 5 nitrogen and oxygen atoms in total. The number of benzene rings is 1. The summed E-state index contributed by atoms with van der Waals surface area (Å²) in [5.41, 5.74) is 4.02. The standard InChI is InChI=1S/C14H16N4O/c1-19-13-8-17-14(18-9-13)16-5-10-2-3-11-6-15-7-12(11)4-10/h2-4,8-9,15H,5-7H2,1H3,(H,16,17,18). The quantitative estimate of drug-likeness (QED) is 0.872. The number of fused-ring (bicyclic) bond motifs is 1. The molecule has 0 unspecified atom stereocenters. The lowest BCUT2D eigenvalue weighted by atomic mass is 10.1. The van der Waals surface area contributed by atoms with Gasteiger partial charge in [-0.2, -0.15) is 0 Å². The summed E-state index contributed by atoms with van der Waals surface area (Å²) in [6.45, 7) is 2.66. The Morgan fingerprint density at radius 3 is 2.79 bits per heavy atom. The summed E-state index contributed by atoms with van der Waals surface area (Å²) < 4.78 is 5.02. The van der Waals surface area contributed by atoms with Crippen molar-refractivity contribution in [2.45, 2.75) is 19.6 Å². The summed E-state index contributed by atoms with van der Waals surface area (Å²) in [7, 11) is 1.60. The van der Waals surface area contributed by atoms with Gasteiger partial charge in [0, 0.05) is 19.6 Å². The van der Waals surface area contributed by atoms with Gasteiger partial charge in [-0.15, -0.1) is 0 Å². The Hall–Kier alpha value is -2.14. The maximum absolute atomic E-state index is 5.02. The highest BCUT2D eigenvalue weighted by Gasteiger charge is 2.09. The molecular formula is C14H16N4O. The van der Waals surface area contributed by atoms with Crippen LogP contribution in [0.4, 0.5) is 5.95 Å². The molecule has 98 valence electrons. The van der Waals surface area contributed by atoms with E-state index < -0.39 is 0 Å². The van der Waals surface area contributed by atoms with E-state index in [2.05, 4.69) is 38.8 Å². The van der Waals surface area contributed by atoms with E-state index in [9.17, 15) is 0 Å². The summed E-state index contributed by atoms with van der Waals surface area (Å²) in [5, 5.41) is 6.55. The highest BCUT2D eigenvalue weighted by atomic mass is 16.5. The van der Waals surface area contributed by atoms with Crippen LogP contribution in [-0.4, -0.2) is 17.1 Å². The number of aromatic nitrogens is 2. The predicted molar refractivity (Wildman–Crippen MR) is 72.9 cm³/mol. The SMILES string of the molecule is COc1cnc(NCc2ccc3c(c2)CNC3)nc1. The minimum Gasteiger partial charge on any atom is -0.494 e. The maximum Gasteiger partial charge on any atom is 0.223 e. The molecule has 0 bridgehead atoms. The van der Waals surface area contributed by atoms with Crippen LogP contribution in [0.5, 0.6) is 5.75 Å². The smallest absolute Gasteiger partial charge is 0.223 e. The Labute approximate surface area is 112 Å². The van der Waals surface area contributed by atoms with Crippen LogP contribution < -0.4 is 15.4 Å². The Bertz CT molecular complexity index is 568. The van der Waals surface area contributed by atoms with Crippen molar-refractivity contribution in [1.29, 1.82) is 0 Å². The second kappa shape index (κ2) is 5.24. The van der Waals surface area contributed by atoms with E-state index in [0.29, 0.717) is 11.7 Å². The largest absolute Gasteiger partial charge is 0.494 e. The highest BCUT2D eigenvalue weighted by molar-refractivity contribution is 5.36. The zero-order valence-electron chi connectivity index (χ0n) is 10.8. The van der Waals surface area contributed by atoms with Crippen molar-refractivity contribution in [3.8, 4) is 5.75 Å². The highest BCUT2D eigenvalue weighted by Crippen LogP contribution is 2.17. The van der Waals surface area contributed by atoms with Crippen LogP contribution in [0.15, 0.2) is 30.6 Å². The molecule has 0 amide bonds. The van der Waals surface area contributed by atoms with E-state index in [-0.39, 0.29) is 0 Å². The molecule has 1 aliphatic heterocycles. The third kappa shape index (κ3) is 2.66. The second-order valence-electron chi connectivity index (χ2n) is 4.51. The van der Waals surface area contributed by atoms with Gasteiger partial charge < -0.3 is 15.4 Å². The number of nitrogens with zero attached hydrogens (tertiary/aromatic N) is 2. The van der Waals surface area contributed by atoms with E-state index in [1.165, 1.54) is 16.7 Å². The van der Waals surface area contributed by atoms with Gasteiger partial charge in [-0.1, -0.05) is 18.2 Å². The second-order valence-corrected chi connectivity index (χ2v) is 4.51. The van der Waals surface area contributed by atoms with Gasteiger partial charge in [0.1, 0.15) is 0 Å². The first-order valence-corrected chi connectivity index (χ1v) is 6.26. The number of methoxy groups -OCH3 is 1. The normalized spacial score (nSPS) is 13.1. The van der Waals surface area contributed by atoms with Gasteiger partial charge in [0.05, 0.1) is 19.5 Å². The first-order chi connectivity index (χ1) is 9.35. The van der Waals surface area contributed by atoms with Crippen LogP contribution in [0.3, 0.4) is 0 Å². The fraction of sp³-hybridized carbons (Fsp3) is 0.286. The Balaban J connectivity index is 1.65. The molecule has 5 heteroatoms. The molecule has 1 aromatic heterocycles. The average Bonchev–Trinajstić information content (AvgIpc) is 2.93. The van der Waals surface area contributed by atoms with Crippen LogP contribution in [0.1, 0.15) is 16.7 Å². The van der Waals surface area contributed by atoms with Crippen molar-refractivity contribution in [2.24, 2.45) is 0 Å². The minimum atomic E-state index is 0.611. The molecule has 0 saturated heterocycles. The topological polar surface area (TPSA) is 59.1 Å². The zero-order chi connectivity index (χ0) is 13.1. The van der Waals surface area contributed by atoms with Crippen molar-refractivity contribution >= 4 is 5.95 Å². The van der Waals surface area contributed by atoms with E-state index in [1.807, 2.05) is 0 Å².